The summed E-state index contributed by atoms with van der Waals surface area (Å²) in [5.74, 6) is 0.349. The molecule has 1 saturated carbocycles. The second-order valence-corrected chi connectivity index (χ2v) is 9.56. The van der Waals surface area contributed by atoms with Gasteiger partial charge in [-0.05, 0) is 61.4 Å². The summed E-state index contributed by atoms with van der Waals surface area (Å²) in [5, 5.41) is 5.87. The van der Waals surface area contributed by atoms with Gasteiger partial charge in [0, 0.05) is 24.3 Å². The third-order valence-corrected chi connectivity index (χ3v) is 6.76. The molecule has 0 unspecified atom stereocenters. The van der Waals surface area contributed by atoms with Crippen LogP contribution in [0.15, 0.2) is 71.3 Å². The van der Waals surface area contributed by atoms with Crippen molar-refractivity contribution >= 4 is 29.1 Å². The quantitative estimate of drug-likeness (QED) is 0.474. The van der Waals surface area contributed by atoms with Crippen LogP contribution in [0.2, 0.25) is 0 Å². The fourth-order valence-corrected chi connectivity index (χ4v) is 4.96. The molecule has 198 valence electrons. The highest BCUT2D eigenvalue weighted by molar-refractivity contribution is 6.03. The highest BCUT2D eigenvalue weighted by atomic mass is 16.6. The maximum Gasteiger partial charge on any atom is 0.272 e. The molecular formula is C29H31N3O6. The monoisotopic (exact) mass is 517 g/mol. The Morgan fingerprint density at radius 1 is 0.921 bits per heavy atom. The Morgan fingerprint density at radius 3 is 2.34 bits per heavy atom. The average Bonchev–Trinajstić information content (AvgIpc) is 3.46. The van der Waals surface area contributed by atoms with E-state index in [4.69, 9.17) is 13.9 Å². The van der Waals surface area contributed by atoms with Gasteiger partial charge in [0.1, 0.15) is 12.4 Å². The first-order chi connectivity index (χ1) is 18.5. The van der Waals surface area contributed by atoms with Gasteiger partial charge >= 0.3 is 0 Å². The van der Waals surface area contributed by atoms with E-state index in [1.807, 2.05) is 6.07 Å². The molecule has 5 rings (SSSR count). The van der Waals surface area contributed by atoms with E-state index < -0.39 is 18.1 Å². The lowest BCUT2D eigenvalue weighted by molar-refractivity contribution is -0.132. The summed E-state index contributed by atoms with van der Waals surface area (Å²) in [7, 11) is 0. The molecule has 2 N–H and O–H groups in total. The molecule has 2 atom stereocenters. The van der Waals surface area contributed by atoms with Gasteiger partial charge < -0.3 is 24.5 Å². The molecule has 3 aromatic rings. The van der Waals surface area contributed by atoms with Crippen LogP contribution in [0, 0.1) is 0 Å². The maximum atomic E-state index is 14.1. The van der Waals surface area contributed by atoms with E-state index in [-0.39, 0.29) is 24.5 Å². The molecule has 9 nitrogen and oxygen atoms in total. The topological polar surface area (TPSA) is 110 Å². The number of anilines is 2. The van der Waals surface area contributed by atoms with Crippen molar-refractivity contribution in [2.45, 2.75) is 57.2 Å². The Bertz CT molecular complexity index is 1270. The Labute approximate surface area is 221 Å². The van der Waals surface area contributed by atoms with Crippen LogP contribution in [0.1, 0.15) is 50.8 Å². The van der Waals surface area contributed by atoms with Crippen molar-refractivity contribution in [1.82, 2.24) is 5.32 Å². The largest absolute Gasteiger partial charge is 0.485 e. The molecule has 2 aromatic carbocycles. The lowest BCUT2D eigenvalue weighted by Gasteiger charge is -2.35. The fourth-order valence-electron chi connectivity index (χ4n) is 4.96. The van der Waals surface area contributed by atoms with Crippen molar-refractivity contribution in [3.63, 3.8) is 0 Å². The Kier molecular flexibility index (Phi) is 7.62. The summed E-state index contributed by atoms with van der Waals surface area (Å²) in [6.07, 6.45) is 5.54. The van der Waals surface area contributed by atoms with E-state index in [9.17, 15) is 14.4 Å². The van der Waals surface area contributed by atoms with Gasteiger partial charge in [0.2, 0.25) is 12.0 Å². The number of ether oxygens (including phenoxy) is 2. The molecule has 3 amide bonds. The van der Waals surface area contributed by atoms with Gasteiger partial charge in [-0.1, -0.05) is 31.4 Å². The molecule has 1 aliphatic carbocycles. The molecule has 0 bridgehead atoms. The molecule has 2 heterocycles. The van der Waals surface area contributed by atoms with Gasteiger partial charge in [-0.2, -0.15) is 0 Å². The second kappa shape index (κ2) is 11.4. The van der Waals surface area contributed by atoms with Crippen molar-refractivity contribution in [2.24, 2.45) is 0 Å². The van der Waals surface area contributed by atoms with E-state index in [1.54, 1.807) is 54.6 Å². The summed E-state index contributed by atoms with van der Waals surface area (Å²) in [5.41, 5.74) is 1.02. The maximum absolute atomic E-state index is 14.1. The van der Waals surface area contributed by atoms with Crippen LogP contribution in [0.5, 0.6) is 11.5 Å². The minimum absolute atomic E-state index is 0.00849. The zero-order valence-corrected chi connectivity index (χ0v) is 21.2. The van der Waals surface area contributed by atoms with Crippen LogP contribution >= 0.6 is 0 Å². The molecule has 2 aliphatic rings. The van der Waals surface area contributed by atoms with E-state index >= 15 is 0 Å². The lowest BCUT2D eigenvalue weighted by Crippen LogP contribution is -2.52. The lowest BCUT2D eigenvalue weighted by atomic mass is 9.95. The molecule has 1 aromatic heterocycles. The summed E-state index contributed by atoms with van der Waals surface area (Å²) in [6.45, 7) is 1.41. The number of amides is 3. The van der Waals surface area contributed by atoms with Gasteiger partial charge in [-0.3, -0.25) is 19.3 Å². The first-order valence-electron chi connectivity index (χ1n) is 12.9. The third kappa shape index (κ3) is 5.66. The van der Waals surface area contributed by atoms with Crippen LogP contribution in [0.3, 0.4) is 0 Å². The number of nitrogens with one attached hydrogen (secondary N) is 2. The van der Waals surface area contributed by atoms with Crippen molar-refractivity contribution in [1.29, 1.82) is 0 Å². The van der Waals surface area contributed by atoms with Gasteiger partial charge in [-0.15, -0.1) is 0 Å². The van der Waals surface area contributed by atoms with Crippen molar-refractivity contribution in [3.05, 3.63) is 72.7 Å². The first kappa shape index (κ1) is 25.4. The fraction of sp³-hybridized carbons (Fsp3) is 0.345. The Balaban J connectivity index is 1.51. The number of hydrogen-bond donors (Lipinski definition) is 2. The van der Waals surface area contributed by atoms with Crippen LogP contribution in [-0.4, -0.2) is 36.5 Å². The molecule has 38 heavy (non-hydrogen) atoms. The smallest absolute Gasteiger partial charge is 0.272 e. The van der Waals surface area contributed by atoms with Crippen molar-refractivity contribution < 1.29 is 28.3 Å². The number of benzene rings is 2. The summed E-state index contributed by atoms with van der Waals surface area (Å²) >= 11 is 0. The zero-order chi connectivity index (χ0) is 26.5. The van der Waals surface area contributed by atoms with Crippen LogP contribution in [0.4, 0.5) is 11.4 Å². The van der Waals surface area contributed by atoms with E-state index in [2.05, 4.69) is 10.6 Å². The van der Waals surface area contributed by atoms with Gasteiger partial charge in [0.05, 0.1) is 6.26 Å². The first-order valence-corrected chi connectivity index (χ1v) is 12.9. The molecule has 9 heteroatoms. The molecular weight excluding hydrogens is 486 g/mol. The summed E-state index contributed by atoms with van der Waals surface area (Å²) in [6, 6.07) is 16.2. The van der Waals surface area contributed by atoms with Crippen LogP contribution < -0.4 is 25.0 Å². The number of para-hydroxylation sites is 2. The SMILES string of the molecule is CC(=O)Nc1ccc(N(C(=O)[C@H]2COc3ccccc3O2)[C@@H](C(=O)NC2CCCCC2)c2ccco2)cc1. The number of furan rings is 1. The van der Waals surface area contributed by atoms with E-state index in [0.29, 0.717) is 28.6 Å². The van der Waals surface area contributed by atoms with Gasteiger partial charge in [-0.25, -0.2) is 0 Å². The average molecular weight is 518 g/mol. The highest BCUT2D eigenvalue weighted by Gasteiger charge is 2.41. The standard InChI is InChI=1S/C29H31N3O6/c1-19(33)30-21-13-15-22(16-14-21)32(29(35)26-18-37-23-10-5-6-11-24(23)38-26)27(25-12-7-17-36-25)28(34)31-20-8-3-2-4-9-20/h5-7,10-17,20,26-27H,2-4,8-9,18H2,1H3,(H,30,33)(H,31,34)/t26-,27-/m1/s1. The van der Waals surface area contributed by atoms with Crippen molar-refractivity contribution in [2.75, 3.05) is 16.8 Å². The molecule has 0 radical (unpaired) electrons. The summed E-state index contributed by atoms with van der Waals surface area (Å²) < 4.78 is 17.5. The predicted molar refractivity (Wildman–Crippen MR) is 141 cm³/mol. The van der Waals surface area contributed by atoms with Crippen LogP contribution in [0.25, 0.3) is 0 Å². The number of hydrogen-bond acceptors (Lipinski definition) is 6. The summed E-state index contributed by atoms with van der Waals surface area (Å²) in [4.78, 5) is 40.9. The zero-order valence-electron chi connectivity index (χ0n) is 21.2. The molecule has 0 saturated heterocycles. The number of rotatable bonds is 7. The number of carbonyl (C=O) groups is 3. The Hall–Kier alpha value is -4.27. The molecule has 1 fully saturated rings. The number of fused-ring (bicyclic) bond motifs is 1. The van der Waals surface area contributed by atoms with Gasteiger partial charge in [0.25, 0.3) is 11.8 Å². The predicted octanol–water partition coefficient (Wildman–Crippen LogP) is 4.60. The molecule has 0 spiro atoms. The van der Waals surface area contributed by atoms with E-state index in [0.717, 1.165) is 32.1 Å². The van der Waals surface area contributed by atoms with Gasteiger partial charge in [0.15, 0.2) is 17.5 Å². The van der Waals surface area contributed by atoms with Crippen LogP contribution in [-0.2, 0) is 14.4 Å². The second-order valence-electron chi connectivity index (χ2n) is 9.56. The minimum atomic E-state index is -1.08. The Morgan fingerprint density at radius 2 is 1.66 bits per heavy atom. The van der Waals surface area contributed by atoms with E-state index in [1.165, 1.54) is 18.1 Å². The normalized spacial score (nSPS) is 17.8. The third-order valence-electron chi connectivity index (χ3n) is 6.76. The number of nitrogens with zero attached hydrogens (tertiary/aromatic N) is 1. The number of carbonyl (C=O) groups excluding carboxylic acids is 3. The molecule has 1 aliphatic heterocycles. The van der Waals surface area contributed by atoms with Crippen molar-refractivity contribution in [3.8, 4) is 11.5 Å². The minimum Gasteiger partial charge on any atom is -0.485 e. The highest BCUT2D eigenvalue weighted by Crippen LogP contribution is 2.35.